The Hall–Kier alpha value is -2.50. The summed E-state index contributed by atoms with van der Waals surface area (Å²) in [5.41, 5.74) is 2.15. The number of carbonyl (C=O) groups is 1. The zero-order valence-corrected chi connectivity index (χ0v) is 18.3. The van der Waals surface area contributed by atoms with Crippen molar-refractivity contribution in [3.63, 3.8) is 0 Å². The van der Waals surface area contributed by atoms with E-state index in [0.29, 0.717) is 32.2 Å². The van der Waals surface area contributed by atoms with E-state index < -0.39 is 5.97 Å². The van der Waals surface area contributed by atoms with Gasteiger partial charge in [0.05, 0.1) is 25.9 Å². The number of unbranched alkanes of at least 4 members (excludes halogenated alkanes) is 1. The van der Waals surface area contributed by atoms with Crippen LogP contribution in [0.15, 0.2) is 66.7 Å². The van der Waals surface area contributed by atoms with Gasteiger partial charge in [0, 0.05) is 17.8 Å². The monoisotopic (exact) mass is 438 g/mol. The lowest BCUT2D eigenvalue weighted by Crippen LogP contribution is -2.41. The van der Waals surface area contributed by atoms with E-state index in [1.54, 1.807) is 0 Å². The number of fused-ring (bicyclic) bond motifs is 2. The molecule has 170 valence electrons. The molecule has 0 aromatic heterocycles. The summed E-state index contributed by atoms with van der Waals surface area (Å²) in [6.45, 7) is 1.85. The van der Waals surface area contributed by atoms with E-state index in [-0.39, 0.29) is 29.7 Å². The first-order valence-corrected chi connectivity index (χ1v) is 11.4. The van der Waals surface area contributed by atoms with Crippen molar-refractivity contribution < 1.29 is 23.8 Å². The number of aliphatic carboxylic acids is 1. The summed E-state index contributed by atoms with van der Waals surface area (Å²) < 4.78 is 25.9. The van der Waals surface area contributed by atoms with E-state index in [9.17, 15) is 9.18 Å². The number of hydrogen-bond acceptors (Lipinski definition) is 3. The summed E-state index contributed by atoms with van der Waals surface area (Å²) in [6, 6.07) is 17.0. The van der Waals surface area contributed by atoms with Crippen molar-refractivity contribution in [3.05, 3.63) is 83.7 Å². The molecule has 2 aromatic carbocycles. The maximum Gasteiger partial charge on any atom is 0.303 e. The Labute approximate surface area is 189 Å². The van der Waals surface area contributed by atoms with Crippen molar-refractivity contribution in [3.8, 4) is 0 Å². The summed E-state index contributed by atoms with van der Waals surface area (Å²) in [5.74, 6) is -0.384. The SMILES string of the molecule is O=C(O)CCCC=CC[C@@H]1[C@@H](COCc2ccccc2)[C@H]2C[C@]1(c1ccc(F)cc1)CO2. The van der Waals surface area contributed by atoms with Gasteiger partial charge in [0.1, 0.15) is 5.82 Å². The fourth-order valence-electron chi connectivity index (χ4n) is 5.37. The second kappa shape index (κ2) is 10.4. The van der Waals surface area contributed by atoms with Crippen molar-refractivity contribution in [2.24, 2.45) is 11.8 Å². The van der Waals surface area contributed by atoms with Crippen LogP contribution in [0.25, 0.3) is 0 Å². The zero-order valence-electron chi connectivity index (χ0n) is 18.3. The lowest BCUT2D eigenvalue weighted by atomic mass is 9.69. The first kappa shape index (κ1) is 22.7. The quantitative estimate of drug-likeness (QED) is 0.371. The third kappa shape index (κ3) is 5.11. The molecule has 1 saturated carbocycles. The van der Waals surface area contributed by atoms with Gasteiger partial charge in [-0.1, -0.05) is 54.6 Å². The Kier molecular flexibility index (Phi) is 7.38. The average Bonchev–Trinajstić information content (AvgIpc) is 3.35. The Morgan fingerprint density at radius 2 is 1.94 bits per heavy atom. The smallest absolute Gasteiger partial charge is 0.303 e. The number of hydrogen-bond donors (Lipinski definition) is 1. The van der Waals surface area contributed by atoms with Gasteiger partial charge in [-0.25, -0.2) is 4.39 Å². The van der Waals surface area contributed by atoms with E-state index in [1.807, 2.05) is 30.3 Å². The van der Waals surface area contributed by atoms with Crippen LogP contribution in [0.1, 0.15) is 43.2 Å². The lowest BCUT2D eigenvalue weighted by Gasteiger charge is -2.39. The van der Waals surface area contributed by atoms with E-state index in [4.69, 9.17) is 14.6 Å². The van der Waals surface area contributed by atoms with Crippen LogP contribution in [0, 0.1) is 17.7 Å². The number of carboxylic acids is 1. The van der Waals surface area contributed by atoms with E-state index in [1.165, 1.54) is 12.1 Å². The minimum absolute atomic E-state index is 0.134. The number of ether oxygens (including phenoxy) is 2. The van der Waals surface area contributed by atoms with E-state index in [2.05, 4.69) is 24.3 Å². The molecule has 5 heteroatoms. The Morgan fingerprint density at radius 1 is 1.16 bits per heavy atom. The van der Waals surface area contributed by atoms with Crippen molar-refractivity contribution >= 4 is 5.97 Å². The molecular formula is C27H31FO4. The van der Waals surface area contributed by atoms with Crippen LogP contribution in [-0.2, 0) is 26.3 Å². The number of allylic oxidation sites excluding steroid dienone is 2. The molecule has 32 heavy (non-hydrogen) atoms. The van der Waals surface area contributed by atoms with E-state index >= 15 is 0 Å². The summed E-state index contributed by atoms with van der Waals surface area (Å²) in [4.78, 5) is 10.7. The molecule has 4 atom stereocenters. The summed E-state index contributed by atoms with van der Waals surface area (Å²) in [7, 11) is 0. The molecule has 4 rings (SSSR count). The molecule has 0 radical (unpaired) electrons. The molecule has 2 bridgehead atoms. The lowest BCUT2D eigenvalue weighted by molar-refractivity contribution is -0.137. The van der Waals surface area contributed by atoms with Crippen molar-refractivity contribution in [2.75, 3.05) is 13.2 Å². The highest BCUT2D eigenvalue weighted by molar-refractivity contribution is 5.66. The molecule has 2 aliphatic rings. The Balaban J connectivity index is 1.46. The average molecular weight is 439 g/mol. The number of halogens is 1. The fourth-order valence-corrected chi connectivity index (χ4v) is 5.37. The minimum atomic E-state index is -0.755. The number of benzene rings is 2. The van der Waals surface area contributed by atoms with Crippen molar-refractivity contribution in [1.82, 2.24) is 0 Å². The molecule has 1 aliphatic carbocycles. The van der Waals surface area contributed by atoms with Gasteiger partial charge in [0.25, 0.3) is 0 Å². The van der Waals surface area contributed by atoms with Gasteiger partial charge in [-0.3, -0.25) is 4.79 Å². The van der Waals surface area contributed by atoms with Crippen LogP contribution in [0.4, 0.5) is 4.39 Å². The minimum Gasteiger partial charge on any atom is -0.481 e. The second-order valence-corrected chi connectivity index (χ2v) is 8.98. The van der Waals surface area contributed by atoms with Crippen LogP contribution >= 0.6 is 0 Å². The molecule has 0 spiro atoms. The molecule has 1 saturated heterocycles. The molecule has 0 unspecified atom stereocenters. The number of carboxylic acid groups (broad SMARTS) is 1. The maximum absolute atomic E-state index is 13.6. The van der Waals surface area contributed by atoms with Gasteiger partial charge in [-0.2, -0.15) is 0 Å². The van der Waals surface area contributed by atoms with Crippen molar-refractivity contribution in [1.29, 1.82) is 0 Å². The van der Waals surface area contributed by atoms with Gasteiger partial charge in [-0.15, -0.1) is 0 Å². The van der Waals surface area contributed by atoms with Gasteiger partial charge < -0.3 is 14.6 Å². The van der Waals surface area contributed by atoms with Crippen LogP contribution in [0.5, 0.6) is 0 Å². The molecule has 1 N–H and O–H groups in total. The zero-order chi connectivity index (χ0) is 22.4. The first-order chi connectivity index (χ1) is 15.6. The van der Waals surface area contributed by atoms with Gasteiger partial charge >= 0.3 is 5.97 Å². The van der Waals surface area contributed by atoms with Gasteiger partial charge in [0.15, 0.2) is 0 Å². The number of rotatable bonds is 11. The maximum atomic E-state index is 13.6. The highest BCUT2D eigenvalue weighted by atomic mass is 19.1. The first-order valence-electron chi connectivity index (χ1n) is 11.4. The molecule has 1 heterocycles. The Morgan fingerprint density at radius 3 is 2.69 bits per heavy atom. The van der Waals surface area contributed by atoms with Crippen molar-refractivity contribution in [2.45, 2.75) is 50.2 Å². The molecule has 2 aromatic rings. The second-order valence-electron chi connectivity index (χ2n) is 8.98. The topological polar surface area (TPSA) is 55.8 Å². The highest BCUT2D eigenvalue weighted by Crippen LogP contribution is 2.56. The molecule has 2 fully saturated rings. The van der Waals surface area contributed by atoms with Gasteiger partial charge in [0.2, 0.25) is 0 Å². The molecule has 0 amide bonds. The molecule has 1 aliphatic heterocycles. The summed E-state index contributed by atoms with van der Waals surface area (Å²) in [6.07, 6.45) is 7.82. The fraction of sp³-hybridized carbons (Fsp3) is 0.444. The third-order valence-corrected chi connectivity index (χ3v) is 6.98. The van der Waals surface area contributed by atoms with Crippen LogP contribution in [-0.4, -0.2) is 30.4 Å². The predicted octanol–water partition coefficient (Wildman–Crippen LogP) is 5.52. The van der Waals surface area contributed by atoms with E-state index in [0.717, 1.165) is 30.4 Å². The molecular weight excluding hydrogens is 407 g/mol. The predicted molar refractivity (Wildman–Crippen MR) is 121 cm³/mol. The summed E-state index contributed by atoms with van der Waals surface area (Å²) >= 11 is 0. The largest absolute Gasteiger partial charge is 0.481 e. The standard InChI is InChI=1S/C27H31FO4/c28-22-14-12-21(13-15-22)27-16-25(32-19-27)23(18-31-17-20-8-4-3-5-9-20)24(27)10-6-1-2-7-11-26(29)30/h1,3-6,8-9,12-15,23-25H,2,7,10-11,16-19H2,(H,29,30)/t23-,24-,25-,27-/m1/s1. The highest BCUT2D eigenvalue weighted by Gasteiger charge is 2.59. The Bertz CT molecular complexity index is 911. The normalized spacial score (nSPS) is 26.7. The van der Waals surface area contributed by atoms with Crippen LogP contribution in [0.2, 0.25) is 0 Å². The van der Waals surface area contributed by atoms with Crippen LogP contribution < -0.4 is 0 Å². The third-order valence-electron chi connectivity index (χ3n) is 6.98. The van der Waals surface area contributed by atoms with Crippen LogP contribution in [0.3, 0.4) is 0 Å². The summed E-state index contributed by atoms with van der Waals surface area (Å²) in [5, 5.41) is 8.81. The van der Waals surface area contributed by atoms with Gasteiger partial charge in [-0.05, 0) is 54.9 Å². The molecule has 4 nitrogen and oxygen atoms in total.